The molecule has 1 atom stereocenters. The van der Waals surface area contributed by atoms with Crippen molar-refractivity contribution in [2.75, 3.05) is 0 Å². The van der Waals surface area contributed by atoms with Crippen LogP contribution in [0.2, 0.25) is 5.02 Å². The van der Waals surface area contributed by atoms with Gasteiger partial charge < -0.3 is 14.5 Å². The third-order valence-electron chi connectivity index (χ3n) is 4.08. The molecule has 0 fully saturated rings. The molecule has 0 bridgehead atoms. The van der Waals surface area contributed by atoms with Crippen LogP contribution in [0.1, 0.15) is 16.4 Å². The summed E-state index contributed by atoms with van der Waals surface area (Å²) in [5.74, 6) is -0.990. The van der Waals surface area contributed by atoms with E-state index in [1.165, 1.54) is 27.9 Å². The number of amides is 1. The van der Waals surface area contributed by atoms with Gasteiger partial charge in [-0.2, -0.15) is 18.3 Å². The Morgan fingerprint density at radius 2 is 1.90 bits per heavy atom. The number of rotatable bonds is 6. The van der Waals surface area contributed by atoms with Crippen LogP contribution in [0.5, 0.6) is 0 Å². The zero-order valence-corrected chi connectivity index (χ0v) is 18.1. The van der Waals surface area contributed by atoms with Gasteiger partial charge in [-0.05, 0) is 24.3 Å². The third-order valence-corrected chi connectivity index (χ3v) is 4.95. The zero-order valence-electron chi connectivity index (χ0n) is 15.3. The van der Waals surface area contributed by atoms with Crippen LogP contribution in [-0.2, 0) is 13.1 Å². The van der Waals surface area contributed by atoms with E-state index < -0.39 is 30.4 Å². The quantitative estimate of drug-likeness (QED) is 0.474. The molecule has 0 aliphatic rings. The number of carbonyl (C=O) groups is 1. The van der Waals surface area contributed by atoms with Crippen molar-refractivity contribution in [3.8, 4) is 11.4 Å². The fourth-order valence-corrected chi connectivity index (χ4v) is 3.33. The van der Waals surface area contributed by atoms with E-state index in [9.17, 15) is 27.9 Å². The van der Waals surface area contributed by atoms with Gasteiger partial charge in [-0.1, -0.05) is 11.6 Å². The van der Waals surface area contributed by atoms with Crippen LogP contribution < -0.4 is 11.4 Å². The number of hydrogen-bond acceptors (Lipinski definition) is 6. The Bertz CT molecular complexity index is 1140. The van der Waals surface area contributed by atoms with Gasteiger partial charge in [0.15, 0.2) is 23.6 Å². The van der Waals surface area contributed by atoms with Crippen LogP contribution in [0.25, 0.3) is 11.4 Å². The second-order valence-corrected chi connectivity index (χ2v) is 7.56. The molecule has 158 valence electrons. The average molecular weight is 460 g/mol. The molecule has 3 aromatic rings. The molecule has 30 heavy (non-hydrogen) atoms. The number of halogens is 4. The second-order valence-electron chi connectivity index (χ2n) is 6.28. The first-order chi connectivity index (χ1) is 14.0. The normalized spacial score (nSPS) is 12.8. The van der Waals surface area contributed by atoms with E-state index in [4.69, 9.17) is 17.3 Å². The predicted octanol–water partition coefficient (Wildman–Crippen LogP) is -0.577. The molecule has 1 amide bonds. The Kier molecular flexibility index (Phi) is 6.04. The van der Waals surface area contributed by atoms with Crippen molar-refractivity contribution in [2.45, 2.75) is 25.4 Å². The summed E-state index contributed by atoms with van der Waals surface area (Å²) in [5.41, 5.74) is 4.58. The maximum absolute atomic E-state index is 12.9. The lowest BCUT2D eigenvalue weighted by Crippen LogP contribution is -2.37. The van der Waals surface area contributed by atoms with Crippen LogP contribution in [0.3, 0.4) is 0 Å². The van der Waals surface area contributed by atoms with E-state index in [2.05, 4.69) is 15.2 Å². The summed E-state index contributed by atoms with van der Waals surface area (Å²) in [6.45, 7) is -1.38. The summed E-state index contributed by atoms with van der Waals surface area (Å²) >= 11 is 6.13. The molecule has 10 nitrogen and oxygen atoms in total. The van der Waals surface area contributed by atoms with E-state index >= 15 is 0 Å². The molecule has 0 unspecified atom stereocenters. The molecule has 0 radical (unpaired) electrons. The average Bonchev–Trinajstić information content (AvgIpc) is 3.16. The van der Waals surface area contributed by atoms with Crippen molar-refractivity contribution in [2.24, 2.45) is 5.73 Å². The minimum atomic E-state index is -4.93. The molecule has 0 spiro atoms. The SMILES string of the molecule is NC(=O)c1nc(Cn2nc(-c3ccc(Cl)cc3)n(C[C@H](O)C(F)(F)F)c2=O)n[n]1[AlH2]. The van der Waals surface area contributed by atoms with Crippen LogP contribution in [0.4, 0.5) is 13.2 Å². The molecule has 2 aromatic heterocycles. The molecule has 15 heteroatoms. The Morgan fingerprint density at radius 3 is 2.43 bits per heavy atom. The topological polar surface area (TPSA) is 134 Å². The first-order valence-electron chi connectivity index (χ1n) is 8.35. The van der Waals surface area contributed by atoms with E-state index in [1.54, 1.807) is 0 Å². The van der Waals surface area contributed by atoms with Crippen molar-refractivity contribution < 1.29 is 23.1 Å². The third kappa shape index (κ3) is 4.57. The molecule has 2 heterocycles. The Labute approximate surface area is 179 Å². The van der Waals surface area contributed by atoms with Gasteiger partial charge in [0.1, 0.15) is 6.54 Å². The monoisotopic (exact) mass is 459 g/mol. The van der Waals surface area contributed by atoms with E-state index in [0.717, 1.165) is 4.68 Å². The first-order valence-corrected chi connectivity index (χ1v) is 9.62. The van der Waals surface area contributed by atoms with Crippen LogP contribution in [0.15, 0.2) is 29.1 Å². The molecule has 0 saturated carbocycles. The molecular formula is C15H14AlClF3N7O3. The second kappa shape index (κ2) is 8.23. The van der Waals surface area contributed by atoms with Crippen molar-refractivity contribution in [1.82, 2.24) is 28.1 Å². The predicted molar refractivity (Wildman–Crippen MR) is 101 cm³/mol. The largest absolute Gasteiger partial charge is 0.416 e. The molecule has 1 aromatic carbocycles. The lowest BCUT2D eigenvalue weighted by atomic mass is 10.2. The van der Waals surface area contributed by atoms with Gasteiger partial charge in [0.25, 0.3) is 5.91 Å². The molecule has 3 rings (SSSR count). The summed E-state index contributed by atoms with van der Waals surface area (Å²) in [6, 6.07) is 5.91. The van der Waals surface area contributed by atoms with E-state index in [0.29, 0.717) is 31.7 Å². The number of aliphatic hydroxyl groups excluding tert-OH is 1. The van der Waals surface area contributed by atoms with Crippen molar-refractivity contribution in [3.63, 3.8) is 0 Å². The summed E-state index contributed by atoms with van der Waals surface area (Å²) in [4.78, 5) is 28.0. The maximum Gasteiger partial charge on any atom is 0.416 e. The number of carbonyl (C=O) groups excluding carboxylic acids is 1. The highest BCUT2D eigenvalue weighted by Crippen LogP contribution is 2.24. The number of aromatic nitrogens is 6. The summed E-state index contributed by atoms with van der Waals surface area (Å²) < 4.78 is 41.4. The van der Waals surface area contributed by atoms with Crippen molar-refractivity contribution in [3.05, 3.63) is 51.4 Å². The summed E-state index contributed by atoms with van der Waals surface area (Å²) in [6.07, 6.45) is -7.71. The van der Waals surface area contributed by atoms with E-state index in [1.807, 2.05) is 0 Å². The molecule has 0 aliphatic carbocycles. The number of nitrogens with zero attached hydrogens (tertiary/aromatic N) is 6. The highest BCUT2D eigenvalue weighted by Gasteiger charge is 2.39. The fourth-order valence-electron chi connectivity index (χ4n) is 2.65. The van der Waals surface area contributed by atoms with Gasteiger partial charge in [-0.25, -0.2) is 14.5 Å². The van der Waals surface area contributed by atoms with Gasteiger partial charge in [-0.15, -0.1) is 5.10 Å². The number of alkyl halides is 3. The van der Waals surface area contributed by atoms with Gasteiger partial charge in [0, 0.05) is 10.6 Å². The zero-order chi connectivity index (χ0) is 22.2. The Hall–Kier alpha value is -2.66. The molecule has 0 saturated heterocycles. The van der Waals surface area contributed by atoms with Crippen LogP contribution >= 0.6 is 11.6 Å². The van der Waals surface area contributed by atoms with Crippen LogP contribution in [-0.4, -0.2) is 67.9 Å². The lowest BCUT2D eigenvalue weighted by molar-refractivity contribution is -0.207. The van der Waals surface area contributed by atoms with Crippen molar-refractivity contribution >= 4 is 34.0 Å². The molecule has 0 aliphatic heterocycles. The lowest BCUT2D eigenvalue weighted by Gasteiger charge is -2.15. The number of primary amides is 1. The number of nitrogens with two attached hydrogens (primary N) is 1. The highest BCUT2D eigenvalue weighted by atomic mass is 35.5. The Morgan fingerprint density at radius 1 is 1.27 bits per heavy atom. The molecule has 3 N–H and O–H groups in total. The smallest absolute Gasteiger partial charge is 0.382 e. The van der Waals surface area contributed by atoms with Crippen molar-refractivity contribution in [1.29, 1.82) is 0 Å². The summed E-state index contributed by atoms with van der Waals surface area (Å²) in [7, 11) is 0. The maximum atomic E-state index is 12.9. The van der Waals surface area contributed by atoms with Gasteiger partial charge in [0.05, 0.1) is 6.54 Å². The number of benzene rings is 1. The highest BCUT2D eigenvalue weighted by molar-refractivity contribution is 6.30. The minimum absolute atomic E-state index is 0.0320. The Balaban J connectivity index is 2.05. The fraction of sp³-hybridized carbons (Fsp3) is 0.267. The van der Waals surface area contributed by atoms with Crippen LogP contribution in [0, 0.1) is 0 Å². The minimum Gasteiger partial charge on any atom is -0.382 e. The van der Waals surface area contributed by atoms with Gasteiger partial charge in [-0.3, -0.25) is 9.36 Å². The molecular weight excluding hydrogens is 446 g/mol. The summed E-state index contributed by atoms with van der Waals surface area (Å²) in [5, 5.41) is 17.9. The standard InChI is InChI=1S/C15H13ClF3N7O3.Al.2H/c16-8-3-1-7(2-4-8)13-24-26(6-10-21-12(11(20)28)23-22-10)14(29)25(13)5-9(27)15(17,18)19;;;/h1-4,9,27H,5-6H2,(H3,20,21,22,23,28);;;/q;+1;;/p-1/t9-;;;/m0.../s1. The van der Waals surface area contributed by atoms with Gasteiger partial charge in [0.2, 0.25) is 0 Å². The van der Waals surface area contributed by atoms with E-state index in [-0.39, 0.29) is 24.0 Å². The van der Waals surface area contributed by atoms with Gasteiger partial charge >= 0.3 is 28.4 Å². The first kappa shape index (κ1) is 22.0. The number of hydrogen-bond donors (Lipinski definition) is 2. The number of aliphatic hydroxyl groups is 1.